The van der Waals surface area contributed by atoms with E-state index >= 15 is 0 Å². The van der Waals surface area contributed by atoms with E-state index in [0.717, 1.165) is 17.9 Å². The molecule has 0 radical (unpaired) electrons. The molecule has 1 aromatic heterocycles. The topological polar surface area (TPSA) is 37.8 Å². The molecule has 0 saturated carbocycles. The van der Waals surface area contributed by atoms with E-state index in [0.29, 0.717) is 11.1 Å². The molecule has 0 bridgehead atoms. The zero-order chi connectivity index (χ0) is 7.84. The molecule has 1 aliphatic rings. The molecule has 0 aromatic carbocycles. The summed E-state index contributed by atoms with van der Waals surface area (Å²) in [5.41, 5.74) is 1.05. The van der Waals surface area contributed by atoms with Gasteiger partial charge in [0.1, 0.15) is 17.3 Å². The lowest BCUT2D eigenvalue weighted by Crippen LogP contribution is -1.96. The van der Waals surface area contributed by atoms with Gasteiger partial charge in [-0.05, 0) is 0 Å². The molecule has 11 heavy (non-hydrogen) atoms. The largest absolute Gasteiger partial charge is 0.369 e. The number of aromatic nitrogens is 2. The van der Waals surface area contributed by atoms with Crippen LogP contribution in [0.3, 0.4) is 0 Å². The molecule has 2 rings (SSSR count). The SMILES string of the molecule is CC1CNc2ncnc(Cl)c21. The molecule has 1 aromatic rings. The Kier molecular flexibility index (Phi) is 1.46. The summed E-state index contributed by atoms with van der Waals surface area (Å²) >= 11 is 5.87. The zero-order valence-corrected chi connectivity index (χ0v) is 6.89. The lowest BCUT2D eigenvalue weighted by Gasteiger charge is -2.01. The minimum absolute atomic E-state index is 0.429. The number of fused-ring (bicyclic) bond motifs is 1. The van der Waals surface area contributed by atoms with Gasteiger partial charge in [-0.25, -0.2) is 9.97 Å². The van der Waals surface area contributed by atoms with Crippen molar-refractivity contribution in [1.29, 1.82) is 0 Å². The molecular weight excluding hydrogens is 162 g/mol. The summed E-state index contributed by atoms with van der Waals surface area (Å²) in [6, 6.07) is 0. The predicted molar refractivity (Wildman–Crippen MR) is 43.9 cm³/mol. The molecule has 1 N–H and O–H groups in total. The lowest BCUT2D eigenvalue weighted by molar-refractivity contribution is 0.848. The minimum atomic E-state index is 0.429. The molecule has 0 spiro atoms. The molecule has 1 unspecified atom stereocenters. The van der Waals surface area contributed by atoms with Crippen molar-refractivity contribution < 1.29 is 0 Å². The third-order valence-electron chi connectivity index (χ3n) is 1.90. The maximum atomic E-state index is 5.87. The van der Waals surface area contributed by atoms with Gasteiger partial charge in [-0.1, -0.05) is 18.5 Å². The van der Waals surface area contributed by atoms with E-state index in [1.165, 1.54) is 6.33 Å². The van der Waals surface area contributed by atoms with Crippen molar-refractivity contribution in [2.45, 2.75) is 12.8 Å². The molecular formula is C7H8ClN3. The van der Waals surface area contributed by atoms with Crippen LogP contribution in [0.2, 0.25) is 5.15 Å². The highest BCUT2D eigenvalue weighted by Crippen LogP contribution is 2.32. The second-order valence-electron chi connectivity index (χ2n) is 2.71. The molecule has 1 atom stereocenters. The van der Waals surface area contributed by atoms with Crippen LogP contribution < -0.4 is 5.32 Å². The Balaban J connectivity index is 2.58. The molecule has 0 amide bonds. The van der Waals surface area contributed by atoms with Crippen molar-refractivity contribution in [2.24, 2.45) is 0 Å². The van der Waals surface area contributed by atoms with Gasteiger partial charge in [-0.3, -0.25) is 0 Å². The first-order chi connectivity index (χ1) is 5.29. The number of hydrogen-bond donors (Lipinski definition) is 1. The third-order valence-corrected chi connectivity index (χ3v) is 2.20. The van der Waals surface area contributed by atoms with Crippen molar-refractivity contribution in [3.63, 3.8) is 0 Å². The molecule has 3 nitrogen and oxygen atoms in total. The highest BCUT2D eigenvalue weighted by atomic mass is 35.5. The van der Waals surface area contributed by atoms with E-state index in [4.69, 9.17) is 11.6 Å². The predicted octanol–water partition coefficient (Wildman–Crippen LogP) is 1.66. The second kappa shape index (κ2) is 2.34. The normalized spacial score (nSPS) is 21.1. The number of rotatable bonds is 0. The van der Waals surface area contributed by atoms with E-state index < -0.39 is 0 Å². The number of anilines is 1. The lowest BCUT2D eigenvalue weighted by atomic mass is 10.1. The highest BCUT2D eigenvalue weighted by molar-refractivity contribution is 6.30. The van der Waals surface area contributed by atoms with Crippen LogP contribution in [0, 0.1) is 0 Å². The highest BCUT2D eigenvalue weighted by Gasteiger charge is 2.22. The average molecular weight is 170 g/mol. The first-order valence-corrected chi connectivity index (χ1v) is 3.91. The van der Waals surface area contributed by atoms with Crippen LogP contribution in [0.4, 0.5) is 5.82 Å². The Bertz CT molecular complexity index is 287. The summed E-state index contributed by atoms with van der Waals surface area (Å²) in [7, 11) is 0. The first kappa shape index (κ1) is 6.85. The number of nitrogens with zero attached hydrogens (tertiary/aromatic N) is 2. The van der Waals surface area contributed by atoms with Gasteiger partial charge in [0.05, 0.1) is 0 Å². The van der Waals surface area contributed by atoms with E-state index in [-0.39, 0.29) is 0 Å². The molecule has 2 heterocycles. The Morgan fingerprint density at radius 2 is 2.45 bits per heavy atom. The Hall–Kier alpha value is -0.830. The molecule has 0 saturated heterocycles. The Morgan fingerprint density at radius 3 is 3.18 bits per heavy atom. The maximum Gasteiger partial charge on any atom is 0.138 e. The van der Waals surface area contributed by atoms with Crippen LogP contribution >= 0.6 is 11.6 Å². The quantitative estimate of drug-likeness (QED) is 0.601. The van der Waals surface area contributed by atoms with E-state index in [2.05, 4.69) is 22.2 Å². The van der Waals surface area contributed by atoms with Gasteiger partial charge in [0.15, 0.2) is 0 Å². The fourth-order valence-electron chi connectivity index (χ4n) is 1.30. The van der Waals surface area contributed by atoms with Crippen molar-refractivity contribution in [3.05, 3.63) is 17.0 Å². The average Bonchev–Trinajstić information content (AvgIpc) is 2.34. The van der Waals surface area contributed by atoms with Crippen LogP contribution in [0.5, 0.6) is 0 Å². The number of nitrogens with one attached hydrogen (secondary N) is 1. The first-order valence-electron chi connectivity index (χ1n) is 3.53. The molecule has 58 valence electrons. The summed E-state index contributed by atoms with van der Waals surface area (Å²) in [5.74, 6) is 1.32. The van der Waals surface area contributed by atoms with Crippen LogP contribution in [-0.4, -0.2) is 16.5 Å². The van der Waals surface area contributed by atoms with Gasteiger partial charge in [0.25, 0.3) is 0 Å². The second-order valence-corrected chi connectivity index (χ2v) is 3.07. The summed E-state index contributed by atoms with van der Waals surface area (Å²) in [6.07, 6.45) is 1.48. The fourth-order valence-corrected chi connectivity index (χ4v) is 1.62. The zero-order valence-electron chi connectivity index (χ0n) is 6.13. The monoisotopic (exact) mass is 169 g/mol. The summed E-state index contributed by atoms with van der Waals surface area (Å²) in [4.78, 5) is 7.98. The van der Waals surface area contributed by atoms with E-state index in [9.17, 15) is 0 Å². The van der Waals surface area contributed by atoms with Crippen molar-refractivity contribution in [3.8, 4) is 0 Å². The fraction of sp³-hybridized carbons (Fsp3) is 0.429. The summed E-state index contributed by atoms with van der Waals surface area (Å²) in [5, 5.41) is 3.73. The minimum Gasteiger partial charge on any atom is -0.369 e. The van der Waals surface area contributed by atoms with Gasteiger partial charge in [-0.15, -0.1) is 0 Å². The molecule has 0 fully saturated rings. The molecule has 4 heteroatoms. The van der Waals surface area contributed by atoms with Gasteiger partial charge in [-0.2, -0.15) is 0 Å². The van der Waals surface area contributed by atoms with E-state index in [1.807, 2.05) is 0 Å². The smallest absolute Gasteiger partial charge is 0.138 e. The standard InChI is InChI=1S/C7H8ClN3/c1-4-2-9-7-5(4)6(8)10-3-11-7/h3-4H,2H2,1H3,(H,9,10,11). The maximum absolute atomic E-state index is 5.87. The van der Waals surface area contributed by atoms with Gasteiger partial charge >= 0.3 is 0 Å². The third kappa shape index (κ3) is 0.959. The molecule has 0 aliphatic carbocycles. The van der Waals surface area contributed by atoms with Crippen molar-refractivity contribution in [2.75, 3.05) is 11.9 Å². The van der Waals surface area contributed by atoms with Gasteiger partial charge in [0.2, 0.25) is 0 Å². The summed E-state index contributed by atoms with van der Waals surface area (Å²) in [6.45, 7) is 3.02. The van der Waals surface area contributed by atoms with Crippen LogP contribution in [-0.2, 0) is 0 Å². The van der Waals surface area contributed by atoms with Crippen LogP contribution in [0.25, 0.3) is 0 Å². The van der Waals surface area contributed by atoms with Crippen LogP contribution in [0.15, 0.2) is 6.33 Å². The van der Waals surface area contributed by atoms with Crippen molar-refractivity contribution in [1.82, 2.24) is 9.97 Å². The summed E-state index contributed by atoms with van der Waals surface area (Å²) < 4.78 is 0. The van der Waals surface area contributed by atoms with Gasteiger partial charge < -0.3 is 5.32 Å². The van der Waals surface area contributed by atoms with Crippen molar-refractivity contribution >= 4 is 17.4 Å². The number of halogens is 1. The molecule has 1 aliphatic heterocycles. The van der Waals surface area contributed by atoms with Gasteiger partial charge in [0, 0.05) is 18.0 Å². The van der Waals surface area contributed by atoms with E-state index in [1.54, 1.807) is 0 Å². The number of hydrogen-bond acceptors (Lipinski definition) is 3. The Labute approximate surface area is 69.8 Å². The van der Waals surface area contributed by atoms with Crippen LogP contribution in [0.1, 0.15) is 18.4 Å². The Morgan fingerprint density at radius 1 is 1.64 bits per heavy atom.